The zero-order chi connectivity index (χ0) is 27.4. The molecular formula is C36H36N2. The zero-order valence-corrected chi connectivity index (χ0v) is 22.7. The molecule has 0 radical (unpaired) electrons. The molecule has 0 aromatic rings. The highest BCUT2D eigenvalue weighted by Crippen LogP contribution is 2.23. The van der Waals surface area contributed by atoms with Gasteiger partial charge in [0.2, 0.25) is 0 Å². The Morgan fingerprint density at radius 2 is 2.16 bits per heavy atom. The van der Waals surface area contributed by atoms with Gasteiger partial charge in [-0.2, -0.15) is 5.26 Å². The summed E-state index contributed by atoms with van der Waals surface area (Å²) in [6, 6.07) is 2.07. The maximum atomic E-state index is 8.64. The molecule has 1 unspecified atom stereocenters. The predicted molar refractivity (Wildman–Crippen MR) is 161 cm³/mol. The van der Waals surface area contributed by atoms with Gasteiger partial charge in [-0.05, 0) is 79.5 Å². The zero-order valence-electron chi connectivity index (χ0n) is 22.7. The summed E-state index contributed by atoms with van der Waals surface area (Å²) in [5.41, 5.74) is 11.9. The van der Waals surface area contributed by atoms with Gasteiger partial charge in [0.05, 0.1) is 12.5 Å². The molecule has 0 amide bonds. The third-order valence-electron chi connectivity index (χ3n) is 5.88. The van der Waals surface area contributed by atoms with Crippen LogP contribution in [0.15, 0.2) is 131 Å². The van der Waals surface area contributed by atoms with Crippen molar-refractivity contribution >= 4 is 0 Å². The number of hydrogen-bond acceptors (Lipinski definition) is 2. The summed E-state index contributed by atoms with van der Waals surface area (Å²) in [6.45, 7) is 7.09. The summed E-state index contributed by atoms with van der Waals surface area (Å²) in [5, 5.41) is 8.64. The Balaban J connectivity index is 2.25. The first-order valence-electron chi connectivity index (χ1n) is 13.0. The van der Waals surface area contributed by atoms with E-state index in [-0.39, 0.29) is 5.92 Å². The molecule has 2 heteroatoms. The first-order valence-corrected chi connectivity index (χ1v) is 13.0. The molecule has 0 N–H and O–H groups in total. The third kappa shape index (κ3) is 10.5. The molecule has 0 heterocycles. The topological polar surface area (TPSA) is 27.0 Å². The fourth-order valence-corrected chi connectivity index (χ4v) is 3.89. The summed E-state index contributed by atoms with van der Waals surface area (Å²) in [4.78, 5) is 2.29. The molecule has 2 aliphatic rings. The summed E-state index contributed by atoms with van der Waals surface area (Å²) in [5.74, 6) is 9.20. The van der Waals surface area contributed by atoms with Crippen molar-refractivity contribution in [2.24, 2.45) is 5.92 Å². The minimum Gasteiger partial charge on any atom is -0.337 e. The molecule has 0 aliphatic heterocycles. The molecule has 1 atom stereocenters. The van der Waals surface area contributed by atoms with E-state index in [0.29, 0.717) is 19.4 Å². The van der Waals surface area contributed by atoms with E-state index >= 15 is 0 Å². The lowest BCUT2D eigenvalue weighted by Gasteiger charge is -2.25. The summed E-state index contributed by atoms with van der Waals surface area (Å²) < 4.78 is 0. The Kier molecular flexibility index (Phi) is 13.8. The van der Waals surface area contributed by atoms with Crippen LogP contribution < -0.4 is 0 Å². The van der Waals surface area contributed by atoms with Crippen LogP contribution in [0.3, 0.4) is 0 Å². The minimum absolute atomic E-state index is 0.263. The molecule has 0 saturated carbocycles. The van der Waals surface area contributed by atoms with Gasteiger partial charge in [-0.1, -0.05) is 61.3 Å². The van der Waals surface area contributed by atoms with Gasteiger partial charge in [-0.25, -0.2) is 0 Å². The highest BCUT2D eigenvalue weighted by molar-refractivity contribution is 5.40. The van der Waals surface area contributed by atoms with Gasteiger partial charge < -0.3 is 4.90 Å². The van der Waals surface area contributed by atoms with Gasteiger partial charge in [0.25, 0.3) is 0 Å². The van der Waals surface area contributed by atoms with E-state index in [2.05, 4.69) is 116 Å². The van der Waals surface area contributed by atoms with Crippen LogP contribution in [0.2, 0.25) is 0 Å². The number of rotatable bonds is 12. The van der Waals surface area contributed by atoms with E-state index in [1.54, 1.807) is 6.08 Å². The van der Waals surface area contributed by atoms with Crippen LogP contribution >= 0.6 is 0 Å². The second kappa shape index (κ2) is 17.7. The first kappa shape index (κ1) is 29.6. The van der Waals surface area contributed by atoms with E-state index < -0.39 is 0 Å². The van der Waals surface area contributed by atoms with E-state index in [1.165, 1.54) is 11.1 Å². The van der Waals surface area contributed by atoms with Crippen LogP contribution in [0.1, 0.15) is 46.5 Å². The van der Waals surface area contributed by atoms with E-state index in [0.717, 1.165) is 29.8 Å². The van der Waals surface area contributed by atoms with Crippen LogP contribution in [-0.2, 0) is 0 Å². The van der Waals surface area contributed by atoms with Crippen LogP contribution in [0.4, 0.5) is 0 Å². The molecule has 0 aromatic carbocycles. The van der Waals surface area contributed by atoms with E-state index in [4.69, 9.17) is 11.7 Å². The number of nitriles is 1. The van der Waals surface area contributed by atoms with Crippen molar-refractivity contribution in [2.75, 3.05) is 6.54 Å². The quantitative estimate of drug-likeness (QED) is 0.154. The largest absolute Gasteiger partial charge is 0.337 e. The Bertz CT molecular complexity index is 1350. The predicted octanol–water partition coefficient (Wildman–Crippen LogP) is 8.35. The van der Waals surface area contributed by atoms with Crippen LogP contribution in [0, 0.1) is 41.4 Å². The van der Waals surface area contributed by atoms with Gasteiger partial charge in [0, 0.05) is 42.8 Å². The van der Waals surface area contributed by atoms with Crippen LogP contribution in [0.25, 0.3) is 0 Å². The summed E-state index contributed by atoms with van der Waals surface area (Å²) >= 11 is 0. The van der Waals surface area contributed by atoms with Gasteiger partial charge in [-0.15, -0.1) is 23.8 Å². The van der Waals surface area contributed by atoms with Crippen molar-refractivity contribution in [3.8, 4) is 30.3 Å². The van der Waals surface area contributed by atoms with Crippen LogP contribution in [0.5, 0.6) is 0 Å². The molecule has 0 spiro atoms. The normalized spacial score (nSPS) is 15.7. The number of nitrogens with zero attached hydrogens (tertiary/aromatic N) is 2. The summed E-state index contributed by atoms with van der Waals surface area (Å²) in [6.07, 6.45) is 39.0. The van der Waals surface area contributed by atoms with Crippen molar-refractivity contribution in [3.63, 3.8) is 0 Å². The molecule has 2 rings (SSSR count). The standard InChI is InChI=1S/C36H36N2/c1-5-19-32(21-12-10-11-17-28-37)26-27-34(7-3)33(6-2)22-18-29-38(35-23-13-8-9-14-24-35)36-25-16-15-20-31(4)30-36/h1,6,11-13,15,18,20-27,30,34H,7,14,17,19,29H2,2-4H3/b22-18-,27-26-,32-21+,33-6+. The van der Waals surface area contributed by atoms with Gasteiger partial charge >= 0.3 is 0 Å². The van der Waals surface area contributed by atoms with Crippen molar-refractivity contribution in [3.05, 3.63) is 131 Å². The molecule has 0 bridgehead atoms. The lowest BCUT2D eigenvalue weighted by molar-refractivity contribution is 0.501. The molecule has 0 fully saturated rings. The Labute approximate surface area is 229 Å². The fraction of sp³-hybridized carbons (Fsp3) is 0.250. The molecule has 2 aliphatic carbocycles. The van der Waals surface area contributed by atoms with Crippen molar-refractivity contribution in [1.82, 2.24) is 4.90 Å². The smallest absolute Gasteiger partial charge is 0.0669 e. The lowest BCUT2D eigenvalue weighted by atomic mass is 9.94. The molecule has 0 saturated heterocycles. The van der Waals surface area contributed by atoms with Crippen molar-refractivity contribution < 1.29 is 0 Å². The monoisotopic (exact) mass is 496 g/mol. The highest BCUT2D eigenvalue weighted by atomic mass is 15.1. The van der Waals surface area contributed by atoms with Gasteiger partial charge in [-0.3, -0.25) is 0 Å². The molecule has 190 valence electrons. The minimum atomic E-state index is 0.263. The van der Waals surface area contributed by atoms with Crippen molar-refractivity contribution in [2.45, 2.75) is 46.5 Å². The maximum absolute atomic E-state index is 8.64. The molecule has 0 aromatic heterocycles. The Morgan fingerprint density at radius 3 is 2.92 bits per heavy atom. The Morgan fingerprint density at radius 1 is 1.29 bits per heavy atom. The second-order valence-corrected chi connectivity index (χ2v) is 8.64. The lowest BCUT2D eigenvalue weighted by Crippen LogP contribution is -2.21. The molecule has 38 heavy (non-hydrogen) atoms. The number of hydrogen-bond donors (Lipinski definition) is 0. The van der Waals surface area contributed by atoms with E-state index in [1.807, 2.05) is 30.4 Å². The third-order valence-corrected chi connectivity index (χ3v) is 5.88. The van der Waals surface area contributed by atoms with Gasteiger partial charge in [0.15, 0.2) is 0 Å². The second-order valence-electron chi connectivity index (χ2n) is 8.64. The van der Waals surface area contributed by atoms with Gasteiger partial charge in [0.1, 0.15) is 0 Å². The number of allylic oxidation sites excluding steroid dienone is 15. The molecule has 2 nitrogen and oxygen atoms in total. The van der Waals surface area contributed by atoms with E-state index in [9.17, 15) is 0 Å². The SMILES string of the molecule is C#CCC(/C=C\C(CC)C(/C=C\CN(C1=CCC#CC=C1)C1=CC(C)=CC=C=C1)=C/C)=C\C=C=CCC#N. The highest BCUT2D eigenvalue weighted by Gasteiger charge is 2.12. The maximum Gasteiger partial charge on any atom is 0.0669 e. The summed E-state index contributed by atoms with van der Waals surface area (Å²) in [7, 11) is 0. The average molecular weight is 497 g/mol. The average Bonchev–Trinajstić information content (AvgIpc) is 3.32. The fourth-order valence-electron chi connectivity index (χ4n) is 3.89. The van der Waals surface area contributed by atoms with Crippen LogP contribution in [-0.4, -0.2) is 11.4 Å². The number of terminal acetylenes is 1. The molecular weight excluding hydrogens is 460 g/mol. The van der Waals surface area contributed by atoms with Crippen molar-refractivity contribution in [1.29, 1.82) is 5.26 Å². The Hall–Kier alpha value is -4.63. The first-order chi connectivity index (χ1) is 18.6.